The van der Waals surface area contributed by atoms with Crippen LogP contribution in [0.1, 0.15) is 13.3 Å². The molecule has 3 aromatic rings. The van der Waals surface area contributed by atoms with E-state index in [4.69, 9.17) is 20.2 Å². The second-order valence-corrected chi connectivity index (χ2v) is 6.92. The Bertz CT molecular complexity index is 989. The second-order valence-electron chi connectivity index (χ2n) is 6.92. The van der Waals surface area contributed by atoms with Crippen LogP contribution in [0.4, 0.5) is 0 Å². The molecule has 0 radical (unpaired) electrons. The maximum absolute atomic E-state index is 11.4. The van der Waals surface area contributed by atoms with Crippen LogP contribution in [0, 0.1) is 5.92 Å². The molecule has 7 nitrogen and oxygen atoms in total. The third kappa shape index (κ3) is 4.04. The predicted molar refractivity (Wildman–Crippen MR) is 106 cm³/mol. The van der Waals surface area contributed by atoms with E-state index in [0.29, 0.717) is 31.2 Å². The number of amides is 1. The van der Waals surface area contributed by atoms with Crippen molar-refractivity contribution in [2.45, 2.75) is 19.6 Å². The molecule has 0 saturated carbocycles. The number of nitrogens with zero attached hydrogens (tertiary/aromatic N) is 2. The summed E-state index contributed by atoms with van der Waals surface area (Å²) in [6.45, 7) is 2.84. The van der Waals surface area contributed by atoms with Gasteiger partial charge in [0.2, 0.25) is 11.8 Å². The maximum Gasteiger partial charge on any atom is 0.223 e. The van der Waals surface area contributed by atoms with Gasteiger partial charge in [-0.1, -0.05) is 0 Å². The van der Waals surface area contributed by atoms with Gasteiger partial charge in [0.15, 0.2) is 0 Å². The highest BCUT2D eigenvalue weighted by Gasteiger charge is 2.22. The van der Waals surface area contributed by atoms with E-state index < -0.39 is 0 Å². The molecule has 1 aliphatic rings. The monoisotopic (exact) mass is 378 g/mol. The average molecular weight is 378 g/mol. The Morgan fingerprint density at radius 3 is 2.82 bits per heavy atom. The van der Waals surface area contributed by atoms with Gasteiger partial charge >= 0.3 is 0 Å². The Morgan fingerprint density at radius 2 is 2.11 bits per heavy atom. The Balaban J connectivity index is 1.62. The molecule has 1 aliphatic heterocycles. The van der Waals surface area contributed by atoms with Crippen LogP contribution < -0.4 is 20.5 Å². The topological polar surface area (TPSA) is 99.4 Å². The van der Waals surface area contributed by atoms with Crippen LogP contribution in [-0.4, -0.2) is 35.3 Å². The first-order valence-corrected chi connectivity index (χ1v) is 9.26. The van der Waals surface area contributed by atoms with Gasteiger partial charge in [-0.15, -0.1) is 0 Å². The van der Waals surface area contributed by atoms with E-state index in [0.717, 1.165) is 22.2 Å². The fourth-order valence-electron chi connectivity index (χ4n) is 3.20. The highest BCUT2D eigenvalue weighted by molar-refractivity contribution is 5.87. The molecule has 1 amide bonds. The number of nitrogens with one attached hydrogen (secondary N) is 1. The summed E-state index contributed by atoms with van der Waals surface area (Å²) in [6.07, 6.45) is 1.86. The van der Waals surface area contributed by atoms with Gasteiger partial charge in [-0.05, 0) is 49.4 Å². The minimum Gasteiger partial charge on any atom is -0.477 e. The van der Waals surface area contributed by atoms with Gasteiger partial charge in [-0.2, -0.15) is 0 Å². The number of nitrogens with two attached hydrogens (primary N) is 1. The molecule has 0 aliphatic carbocycles. The van der Waals surface area contributed by atoms with Gasteiger partial charge in [-0.25, -0.2) is 4.98 Å². The van der Waals surface area contributed by atoms with Gasteiger partial charge in [0.1, 0.15) is 12.0 Å². The summed E-state index contributed by atoms with van der Waals surface area (Å²) in [5.74, 6) is 1.44. The number of benzene rings is 1. The summed E-state index contributed by atoms with van der Waals surface area (Å²) in [5.41, 5.74) is 8.15. The molecule has 3 N–H and O–H groups in total. The number of carbonyl (C=O) groups is 1. The Morgan fingerprint density at radius 1 is 1.29 bits per heavy atom. The largest absolute Gasteiger partial charge is 0.477 e. The molecular weight excluding hydrogens is 356 g/mol. The third-order valence-electron chi connectivity index (χ3n) is 4.55. The lowest BCUT2D eigenvalue weighted by molar-refractivity contribution is -0.119. The van der Waals surface area contributed by atoms with E-state index >= 15 is 0 Å². The van der Waals surface area contributed by atoms with Crippen molar-refractivity contribution < 1.29 is 14.3 Å². The molecule has 28 heavy (non-hydrogen) atoms. The quantitative estimate of drug-likeness (QED) is 0.640. The predicted octanol–water partition coefficient (Wildman–Crippen LogP) is 2.50. The minimum absolute atomic E-state index is 0.0657. The molecule has 1 fully saturated rings. The standard InChI is InChI=1S/C21H22N4O3/c1-13(22)28-16-6-4-15(5-7-16)18-10-19-17(3-2-8-23-19)21(25-18)27-12-14-9-20(26)24-11-14/h2-8,10,13-14H,9,11-12,22H2,1H3,(H,24,26)/t13?,14-/m1/s1. The fourth-order valence-corrected chi connectivity index (χ4v) is 3.20. The van der Waals surface area contributed by atoms with E-state index in [1.807, 2.05) is 42.5 Å². The third-order valence-corrected chi connectivity index (χ3v) is 4.55. The van der Waals surface area contributed by atoms with Gasteiger partial charge in [0, 0.05) is 30.6 Å². The lowest BCUT2D eigenvalue weighted by Crippen LogP contribution is -2.22. The van der Waals surface area contributed by atoms with Crippen molar-refractivity contribution in [3.63, 3.8) is 0 Å². The molecule has 2 atom stereocenters. The zero-order valence-corrected chi connectivity index (χ0v) is 15.6. The molecule has 1 aromatic carbocycles. The number of hydrogen-bond acceptors (Lipinski definition) is 6. The highest BCUT2D eigenvalue weighted by Crippen LogP contribution is 2.29. The van der Waals surface area contributed by atoms with E-state index in [1.165, 1.54) is 0 Å². The molecule has 2 aromatic heterocycles. The Hall–Kier alpha value is -3.19. The van der Waals surface area contributed by atoms with Crippen LogP contribution in [0.3, 0.4) is 0 Å². The Kier molecular flexibility index (Phi) is 5.08. The summed E-state index contributed by atoms with van der Waals surface area (Å²) < 4.78 is 11.5. The summed E-state index contributed by atoms with van der Waals surface area (Å²) >= 11 is 0. The van der Waals surface area contributed by atoms with E-state index in [2.05, 4.69) is 10.3 Å². The van der Waals surface area contributed by atoms with Crippen molar-refractivity contribution in [3.05, 3.63) is 48.7 Å². The summed E-state index contributed by atoms with van der Waals surface area (Å²) in [5, 5.41) is 3.67. The van der Waals surface area contributed by atoms with Crippen molar-refractivity contribution in [3.8, 4) is 22.9 Å². The number of hydrogen-bond donors (Lipinski definition) is 2. The molecule has 1 saturated heterocycles. The SMILES string of the molecule is CC(N)Oc1ccc(-c2cc3ncccc3c(OC[C@H]3CNC(=O)C3)n2)cc1. The van der Waals surface area contributed by atoms with Crippen molar-refractivity contribution in [1.29, 1.82) is 0 Å². The van der Waals surface area contributed by atoms with E-state index in [1.54, 1.807) is 13.1 Å². The number of fused-ring (bicyclic) bond motifs is 1. The van der Waals surface area contributed by atoms with Gasteiger partial charge in [0.05, 0.1) is 23.2 Å². The van der Waals surface area contributed by atoms with Crippen molar-refractivity contribution in [2.24, 2.45) is 11.7 Å². The summed E-state index contributed by atoms with van der Waals surface area (Å²) in [6, 6.07) is 13.3. The number of pyridine rings is 2. The first-order chi connectivity index (χ1) is 13.6. The van der Waals surface area contributed by atoms with Gasteiger partial charge < -0.3 is 14.8 Å². The minimum atomic E-state index is -0.370. The van der Waals surface area contributed by atoms with Crippen LogP contribution in [0.15, 0.2) is 48.7 Å². The van der Waals surface area contributed by atoms with E-state index in [9.17, 15) is 4.79 Å². The van der Waals surface area contributed by atoms with Crippen LogP contribution in [0.5, 0.6) is 11.6 Å². The van der Waals surface area contributed by atoms with Crippen molar-refractivity contribution in [1.82, 2.24) is 15.3 Å². The van der Waals surface area contributed by atoms with Crippen LogP contribution in [0.25, 0.3) is 22.2 Å². The van der Waals surface area contributed by atoms with E-state index in [-0.39, 0.29) is 18.1 Å². The van der Waals surface area contributed by atoms with Crippen molar-refractivity contribution >= 4 is 16.8 Å². The normalized spacial score (nSPS) is 17.4. The van der Waals surface area contributed by atoms with Crippen LogP contribution >= 0.6 is 0 Å². The molecule has 3 heterocycles. The summed E-state index contributed by atoms with van der Waals surface area (Å²) in [4.78, 5) is 20.6. The fraction of sp³-hybridized carbons (Fsp3) is 0.286. The smallest absolute Gasteiger partial charge is 0.223 e. The lowest BCUT2D eigenvalue weighted by Gasteiger charge is -2.13. The molecule has 7 heteroatoms. The molecule has 0 spiro atoms. The number of ether oxygens (including phenoxy) is 2. The van der Waals surface area contributed by atoms with Crippen molar-refractivity contribution in [2.75, 3.05) is 13.2 Å². The molecule has 4 rings (SSSR count). The molecule has 144 valence electrons. The Labute approximate surface area is 162 Å². The molecule has 0 bridgehead atoms. The highest BCUT2D eigenvalue weighted by atomic mass is 16.5. The second kappa shape index (κ2) is 7.82. The van der Waals surface area contributed by atoms with Crippen LogP contribution in [0.2, 0.25) is 0 Å². The molecular formula is C21H22N4O3. The number of aromatic nitrogens is 2. The zero-order valence-electron chi connectivity index (χ0n) is 15.6. The molecule has 1 unspecified atom stereocenters. The van der Waals surface area contributed by atoms with Gasteiger partial charge in [-0.3, -0.25) is 15.5 Å². The first-order valence-electron chi connectivity index (χ1n) is 9.26. The maximum atomic E-state index is 11.4. The number of carbonyl (C=O) groups excluding carboxylic acids is 1. The zero-order chi connectivity index (χ0) is 19.5. The lowest BCUT2D eigenvalue weighted by atomic mass is 10.1. The van der Waals surface area contributed by atoms with Gasteiger partial charge in [0.25, 0.3) is 0 Å². The average Bonchev–Trinajstić information content (AvgIpc) is 3.11. The number of rotatable bonds is 6. The van der Waals surface area contributed by atoms with Crippen LogP contribution in [-0.2, 0) is 4.79 Å². The first kappa shape index (κ1) is 18.2. The summed E-state index contributed by atoms with van der Waals surface area (Å²) in [7, 11) is 0.